The van der Waals surface area contributed by atoms with Crippen molar-refractivity contribution in [3.8, 4) is 5.75 Å². The Balaban J connectivity index is 2.81. The molecule has 0 fully saturated rings. The number of rotatable bonds is 7. The van der Waals surface area contributed by atoms with E-state index in [4.69, 9.17) is 9.47 Å². The smallest absolute Gasteiger partial charge is 0.407 e. The van der Waals surface area contributed by atoms with Gasteiger partial charge in [0.05, 0.1) is 7.11 Å². The molecule has 1 aromatic rings. The van der Waals surface area contributed by atoms with Gasteiger partial charge in [-0.3, -0.25) is 0 Å². The topological polar surface area (TPSA) is 73.9 Å². The minimum absolute atomic E-state index is 0.231. The summed E-state index contributed by atoms with van der Waals surface area (Å²) in [6.07, 6.45) is 3.60. The van der Waals surface area contributed by atoms with Crippen LogP contribution in [0.4, 0.5) is 4.79 Å². The zero-order valence-electron chi connectivity index (χ0n) is 18.0. The summed E-state index contributed by atoms with van der Waals surface area (Å²) in [6, 6.07) is 7.53. The maximum absolute atomic E-state index is 12.2. The molecular weight excluding hydrogens is 358 g/mol. The summed E-state index contributed by atoms with van der Waals surface area (Å²) in [5, 5.41) is 2.87. The molecule has 1 aromatic carbocycles. The van der Waals surface area contributed by atoms with E-state index in [1.807, 2.05) is 65.8 Å². The third-order valence-electron chi connectivity index (χ3n) is 3.43. The highest BCUT2D eigenvalue weighted by Crippen LogP contribution is 2.19. The van der Waals surface area contributed by atoms with Crippen molar-refractivity contribution in [2.45, 2.75) is 71.6 Å². The Hall–Kier alpha value is -2.50. The zero-order valence-corrected chi connectivity index (χ0v) is 18.0. The van der Waals surface area contributed by atoms with E-state index in [2.05, 4.69) is 10.1 Å². The average Bonchev–Trinajstić information content (AvgIpc) is 2.53. The van der Waals surface area contributed by atoms with Gasteiger partial charge < -0.3 is 19.5 Å². The van der Waals surface area contributed by atoms with Crippen LogP contribution in [0.3, 0.4) is 0 Å². The van der Waals surface area contributed by atoms with Crippen molar-refractivity contribution < 1.29 is 23.8 Å². The van der Waals surface area contributed by atoms with E-state index in [1.165, 1.54) is 13.2 Å². The Bertz CT molecular complexity index is 666. The lowest BCUT2D eigenvalue weighted by molar-refractivity contribution is -0.134. The number of carbonyl (C=O) groups excluding carboxylic acids is 2. The van der Waals surface area contributed by atoms with E-state index in [1.54, 1.807) is 6.08 Å². The largest absolute Gasteiger partial charge is 0.488 e. The van der Waals surface area contributed by atoms with Crippen molar-refractivity contribution in [1.82, 2.24) is 5.32 Å². The molecule has 0 aliphatic rings. The third kappa shape index (κ3) is 10.6. The van der Waals surface area contributed by atoms with E-state index < -0.39 is 17.7 Å². The second-order valence-electron chi connectivity index (χ2n) is 8.57. The van der Waals surface area contributed by atoms with Gasteiger partial charge in [0.25, 0.3) is 0 Å². The summed E-state index contributed by atoms with van der Waals surface area (Å²) in [5.41, 5.74) is 0.192. The number of nitrogens with one attached hydrogen (secondary N) is 1. The Morgan fingerprint density at radius 2 is 1.64 bits per heavy atom. The molecule has 0 bridgehead atoms. The van der Waals surface area contributed by atoms with Crippen LogP contribution in [0.2, 0.25) is 0 Å². The summed E-state index contributed by atoms with van der Waals surface area (Å²) in [5.74, 6) is 0.359. The van der Waals surface area contributed by atoms with Crippen molar-refractivity contribution in [3.63, 3.8) is 0 Å². The van der Waals surface area contributed by atoms with Crippen LogP contribution in [0, 0.1) is 0 Å². The molecule has 1 atom stereocenters. The lowest BCUT2D eigenvalue weighted by Gasteiger charge is -2.24. The van der Waals surface area contributed by atoms with Crippen molar-refractivity contribution in [2.75, 3.05) is 7.11 Å². The maximum Gasteiger partial charge on any atom is 0.407 e. The van der Waals surface area contributed by atoms with Crippen molar-refractivity contribution >= 4 is 12.1 Å². The Morgan fingerprint density at radius 1 is 1.04 bits per heavy atom. The summed E-state index contributed by atoms with van der Waals surface area (Å²) in [7, 11) is 1.32. The molecular formula is C22H33NO5. The predicted molar refractivity (Wildman–Crippen MR) is 109 cm³/mol. The third-order valence-corrected chi connectivity index (χ3v) is 3.43. The van der Waals surface area contributed by atoms with Gasteiger partial charge in [-0.2, -0.15) is 0 Å². The van der Waals surface area contributed by atoms with E-state index in [-0.39, 0.29) is 11.6 Å². The molecule has 0 saturated carbocycles. The molecule has 0 aromatic heterocycles. The first-order valence-corrected chi connectivity index (χ1v) is 9.40. The van der Waals surface area contributed by atoms with Crippen LogP contribution < -0.4 is 10.1 Å². The molecule has 1 N–H and O–H groups in total. The first-order valence-electron chi connectivity index (χ1n) is 9.40. The van der Waals surface area contributed by atoms with Gasteiger partial charge in [0, 0.05) is 12.1 Å². The van der Waals surface area contributed by atoms with Gasteiger partial charge in [-0.1, -0.05) is 18.2 Å². The highest BCUT2D eigenvalue weighted by atomic mass is 16.6. The molecule has 0 saturated heterocycles. The molecule has 0 spiro atoms. The predicted octanol–water partition coefficient (Wildman–Crippen LogP) is 4.42. The number of carbonyl (C=O) groups is 2. The summed E-state index contributed by atoms with van der Waals surface area (Å²) in [4.78, 5) is 23.4. The minimum atomic E-state index is -0.581. The lowest BCUT2D eigenvalue weighted by Crippen LogP contribution is -2.40. The quantitative estimate of drug-likeness (QED) is 0.550. The van der Waals surface area contributed by atoms with Crippen LogP contribution in [0.5, 0.6) is 5.75 Å². The average molecular weight is 392 g/mol. The van der Waals surface area contributed by atoms with Crippen LogP contribution in [0.1, 0.15) is 53.5 Å². The number of methoxy groups -OCH3 is 1. The summed E-state index contributed by atoms with van der Waals surface area (Å²) >= 11 is 0. The number of amides is 1. The maximum atomic E-state index is 12.2. The highest BCUT2D eigenvalue weighted by molar-refractivity contribution is 5.81. The number of alkyl carbamates (subject to hydrolysis) is 1. The standard InChI is InChI=1S/C22H33NO5/c1-21(2,3)27-18-13-11-16(12-14-18)15-17(9-8-10-19(24)26-7)23-20(25)28-22(4,5)6/h8,10-14,17H,9,15H2,1-7H3,(H,23,25)/b10-8+/t17-/m1/s1. The second kappa shape index (κ2) is 10.2. The SMILES string of the molecule is COC(=O)/C=C/C[C@H](Cc1ccc(OC(C)(C)C)cc1)NC(=O)OC(C)(C)C. The molecule has 0 heterocycles. The van der Waals surface area contributed by atoms with Crippen LogP contribution in [-0.4, -0.2) is 36.4 Å². The van der Waals surface area contributed by atoms with Gasteiger partial charge in [0.15, 0.2) is 0 Å². The minimum Gasteiger partial charge on any atom is -0.488 e. The number of ether oxygens (including phenoxy) is 3. The van der Waals surface area contributed by atoms with Crippen molar-refractivity contribution in [2.24, 2.45) is 0 Å². The number of hydrogen-bond donors (Lipinski definition) is 1. The molecule has 1 amide bonds. The first kappa shape index (κ1) is 23.5. The molecule has 28 heavy (non-hydrogen) atoms. The Kier molecular flexibility index (Phi) is 8.54. The molecule has 0 aliphatic heterocycles. The van der Waals surface area contributed by atoms with Gasteiger partial charge >= 0.3 is 12.1 Å². The zero-order chi connectivity index (χ0) is 21.4. The van der Waals surface area contributed by atoms with Gasteiger partial charge in [0.2, 0.25) is 0 Å². The van der Waals surface area contributed by atoms with E-state index >= 15 is 0 Å². The van der Waals surface area contributed by atoms with Crippen LogP contribution >= 0.6 is 0 Å². The van der Waals surface area contributed by atoms with Gasteiger partial charge in [-0.15, -0.1) is 0 Å². The van der Waals surface area contributed by atoms with E-state index in [0.717, 1.165) is 11.3 Å². The first-order chi connectivity index (χ1) is 12.9. The van der Waals surface area contributed by atoms with Crippen LogP contribution in [0.15, 0.2) is 36.4 Å². The van der Waals surface area contributed by atoms with E-state index in [0.29, 0.717) is 12.8 Å². The number of benzene rings is 1. The van der Waals surface area contributed by atoms with Crippen molar-refractivity contribution in [1.29, 1.82) is 0 Å². The Morgan fingerprint density at radius 3 is 2.14 bits per heavy atom. The van der Waals surface area contributed by atoms with Crippen LogP contribution in [0.25, 0.3) is 0 Å². The molecule has 156 valence electrons. The lowest BCUT2D eigenvalue weighted by atomic mass is 10.0. The molecule has 0 radical (unpaired) electrons. The molecule has 0 unspecified atom stereocenters. The monoisotopic (exact) mass is 391 g/mol. The molecule has 0 aliphatic carbocycles. The summed E-state index contributed by atoms with van der Waals surface area (Å²) < 4.78 is 15.8. The fraction of sp³-hybridized carbons (Fsp3) is 0.545. The summed E-state index contributed by atoms with van der Waals surface area (Å²) in [6.45, 7) is 11.4. The van der Waals surface area contributed by atoms with E-state index in [9.17, 15) is 9.59 Å². The van der Waals surface area contributed by atoms with Gasteiger partial charge in [-0.25, -0.2) is 9.59 Å². The number of hydrogen-bond acceptors (Lipinski definition) is 5. The van der Waals surface area contributed by atoms with Crippen LogP contribution in [-0.2, 0) is 20.7 Å². The highest BCUT2D eigenvalue weighted by Gasteiger charge is 2.19. The van der Waals surface area contributed by atoms with Gasteiger partial charge in [0.1, 0.15) is 17.0 Å². The fourth-order valence-electron chi connectivity index (χ4n) is 2.40. The normalized spacial score (nSPS) is 13.1. The molecule has 6 heteroatoms. The van der Waals surface area contributed by atoms with Crippen molar-refractivity contribution in [3.05, 3.63) is 42.0 Å². The van der Waals surface area contributed by atoms with Gasteiger partial charge in [-0.05, 0) is 72.1 Å². The fourth-order valence-corrected chi connectivity index (χ4v) is 2.40. The molecule has 1 rings (SSSR count). The number of esters is 1. The molecule has 6 nitrogen and oxygen atoms in total. The Labute approximate surface area is 168 Å². The second-order valence-corrected chi connectivity index (χ2v) is 8.57.